The van der Waals surface area contributed by atoms with E-state index in [-0.39, 0.29) is 0 Å². The zero-order chi connectivity index (χ0) is 9.84. The largest absolute Gasteiger partial charge is 0.473 e. The molecule has 0 spiro atoms. The van der Waals surface area contributed by atoms with Gasteiger partial charge in [-0.1, -0.05) is 0 Å². The van der Waals surface area contributed by atoms with E-state index in [2.05, 4.69) is 5.32 Å². The fourth-order valence-corrected chi connectivity index (χ4v) is 1.78. The minimum Gasteiger partial charge on any atom is -0.473 e. The Hall–Kier alpha value is -1.10. The van der Waals surface area contributed by atoms with Crippen molar-refractivity contribution in [3.8, 4) is 0 Å². The van der Waals surface area contributed by atoms with Crippen molar-refractivity contribution in [2.24, 2.45) is 5.92 Å². The summed E-state index contributed by atoms with van der Waals surface area (Å²) in [4.78, 5) is 18.2. The van der Waals surface area contributed by atoms with Crippen LogP contribution in [-0.2, 0) is 9.59 Å². The van der Waals surface area contributed by atoms with Crippen LogP contribution in [0.4, 0.5) is 0 Å². The normalized spacial score (nSPS) is 29.2. The summed E-state index contributed by atoms with van der Waals surface area (Å²) in [6, 6.07) is 0.921. The maximum absolute atomic E-state index is 9.10. The Labute approximate surface area is 75.7 Å². The van der Waals surface area contributed by atoms with Gasteiger partial charge in [-0.2, -0.15) is 0 Å². The van der Waals surface area contributed by atoms with Crippen molar-refractivity contribution in [2.45, 2.75) is 25.3 Å². The van der Waals surface area contributed by atoms with Gasteiger partial charge in [-0.25, -0.2) is 9.59 Å². The van der Waals surface area contributed by atoms with Crippen LogP contribution in [0.15, 0.2) is 0 Å². The van der Waals surface area contributed by atoms with E-state index in [1.165, 1.54) is 25.8 Å². The highest BCUT2D eigenvalue weighted by molar-refractivity contribution is 6.27. The lowest BCUT2D eigenvalue weighted by Crippen LogP contribution is -2.23. The molecule has 0 aromatic rings. The Morgan fingerprint density at radius 2 is 1.77 bits per heavy atom. The molecular weight excluding hydrogens is 174 g/mol. The zero-order valence-electron chi connectivity index (χ0n) is 7.19. The second-order valence-electron chi connectivity index (χ2n) is 3.39. The number of nitrogens with one attached hydrogen (secondary N) is 1. The number of piperidine rings is 1. The van der Waals surface area contributed by atoms with E-state index in [4.69, 9.17) is 19.8 Å². The van der Waals surface area contributed by atoms with E-state index in [9.17, 15) is 0 Å². The molecule has 2 fully saturated rings. The predicted octanol–water partition coefficient (Wildman–Crippen LogP) is -0.0861. The number of hydrogen-bond donors (Lipinski definition) is 3. The van der Waals surface area contributed by atoms with E-state index < -0.39 is 11.9 Å². The van der Waals surface area contributed by atoms with E-state index in [0.717, 1.165) is 12.0 Å². The lowest BCUT2D eigenvalue weighted by Gasteiger charge is -2.08. The summed E-state index contributed by atoms with van der Waals surface area (Å²) in [6.45, 7) is 1.31. The van der Waals surface area contributed by atoms with Crippen LogP contribution in [0.1, 0.15) is 19.3 Å². The van der Waals surface area contributed by atoms with Crippen LogP contribution in [-0.4, -0.2) is 34.7 Å². The Balaban J connectivity index is 0.000000133. The van der Waals surface area contributed by atoms with E-state index in [1.54, 1.807) is 0 Å². The third kappa shape index (κ3) is 3.02. The Morgan fingerprint density at radius 3 is 1.85 bits per heavy atom. The standard InChI is InChI=1S/C6H11N.C2H2O4/c1-2-6-3-5(1)4-7-6;3-1(4)2(5)6/h5-7H,1-4H2;(H,3,4)(H,5,6)/t5-,6+;/m0./s1. The second kappa shape index (κ2) is 4.23. The molecule has 13 heavy (non-hydrogen) atoms. The molecule has 0 unspecified atom stereocenters. The highest BCUT2D eigenvalue weighted by Gasteiger charge is 2.30. The molecule has 5 nitrogen and oxygen atoms in total. The Morgan fingerprint density at radius 1 is 1.15 bits per heavy atom. The van der Waals surface area contributed by atoms with Crippen molar-refractivity contribution >= 4 is 11.9 Å². The van der Waals surface area contributed by atoms with Gasteiger partial charge < -0.3 is 15.5 Å². The first-order chi connectivity index (χ1) is 6.09. The number of carboxylic acid groups (broad SMARTS) is 2. The number of hydrogen-bond acceptors (Lipinski definition) is 3. The molecule has 1 aliphatic carbocycles. The van der Waals surface area contributed by atoms with Gasteiger partial charge in [0.15, 0.2) is 0 Å². The van der Waals surface area contributed by atoms with Crippen LogP contribution in [0.25, 0.3) is 0 Å². The lowest BCUT2D eigenvalue weighted by atomic mass is 10.1. The summed E-state index contributed by atoms with van der Waals surface area (Å²) in [7, 11) is 0. The fourth-order valence-electron chi connectivity index (χ4n) is 1.78. The van der Waals surface area contributed by atoms with E-state index in [0.29, 0.717) is 0 Å². The van der Waals surface area contributed by atoms with Gasteiger partial charge in [0, 0.05) is 6.04 Å². The summed E-state index contributed by atoms with van der Waals surface area (Å²) < 4.78 is 0. The number of rotatable bonds is 0. The molecule has 2 rings (SSSR count). The highest BCUT2D eigenvalue weighted by atomic mass is 16.4. The number of fused-ring (bicyclic) bond motifs is 2. The Kier molecular flexibility index (Phi) is 3.25. The third-order valence-corrected chi connectivity index (χ3v) is 2.42. The quantitative estimate of drug-likeness (QED) is 0.461. The predicted molar refractivity (Wildman–Crippen MR) is 44.4 cm³/mol. The van der Waals surface area contributed by atoms with Crippen LogP contribution in [0.2, 0.25) is 0 Å². The van der Waals surface area contributed by atoms with E-state index >= 15 is 0 Å². The van der Waals surface area contributed by atoms with Gasteiger partial charge in [0.25, 0.3) is 0 Å². The van der Waals surface area contributed by atoms with E-state index in [1.807, 2.05) is 0 Å². The summed E-state index contributed by atoms with van der Waals surface area (Å²) >= 11 is 0. The molecule has 1 aliphatic heterocycles. The molecule has 3 N–H and O–H groups in total. The van der Waals surface area contributed by atoms with Crippen molar-refractivity contribution in [1.29, 1.82) is 0 Å². The smallest absolute Gasteiger partial charge is 0.414 e. The molecule has 0 amide bonds. The van der Waals surface area contributed by atoms with Crippen molar-refractivity contribution in [3.05, 3.63) is 0 Å². The third-order valence-electron chi connectivity index (χ3n) is 2.42. The van der Waals surface area contributed by atoms with Crippen LogP contribution in [0, 0.1) is 5.92 Å². The van der Waals surface area contributed by atoms with Crippen LogP contribution < -0.4 is 5.32 Å². The lowest BCUT2D eigenvalue weighted by molar-refractivity contribution is -0.159. The summed E-state index contributed by atoms with van der Waals surface area (Å²) in [5, 5.41) is 18.2. The first kappa shape index (κ1) is 9.98. The zero-order valence-corrected chi connectivity index (χ0v) is 7.19. The molecule has 1 saturated carbocycles. The molecule has 2 atom stereocenters. The van der Waals surface area contributed by atoms with Crippen LogP contribution in [0.3, 0.4) is 0 Å². The van der Waals surface area contributed by atoms with Gasteiger partial charge in [0.2, 0.25) is 0 Å². The molecule has 74 valence electrons. The van der Waals surface area contributed by atoms with Crippen molar-refractivity contribution < 1.29 is 19.8 Å². The molecule has 5 heteroatoms. The maximum atomic E-state index is 9.10. The van der Waals surface area contributed by atoms with Crippen LogP contribution >= 0.6 is 0 Å². The van der Waals surface area contributed by atoms with Crippen molar-refractivity contribution in [2.75, 3.05) is 6.54 Å². The van der Waals surface area contributed by atoms with Gasteiger partial charge in [0.1, 0.15) is 0 Å². The fraction of sp³-hybridized carbons (Fsp3) is 0.750. The number of carbonyl (C=O) groups is 2. The molecule has 2 bridgehead atoms. The van der Waals surface area contributed by atoms with Gasteiger partial charge in [0.05, 0.1) is 0 Å². The van der Waals surface area contributed by atoms with Crippen molar-refractivity contribution in [1.82, 2.24) is 5.32 Å². The maximum Gasteiger partial charge on any atom is 0.414 e. The monoisotopic (exact) mass is 187 g/mol. The van der Waals surface area contributed by atoms with Gasteiger partial charge >= 0.3 is 11.9 Å². The average Bonchev–Trinajstić information content (AvgIpc) is 2.67. The molecule has 2 aliphatic rings. The minimum absolute atomic E-state index is 0.921. The minimum atomic E-state index is -1.82. The first-order valence-corrected chi connectivity index (χ1v) is 4.29. The molecule has 0 radical (unpaired) electrons. The molecular formula is C8H13NO4. The molecule has 0 aromatic heterocycles. The summed E-state index contributed by atoms with van der Waals surface area (Å²) in [5.74, 6) is -2.59. The van der Waals surface area contributed by atoms with Crippen LogP contribution in [0.5, 0.6) is 0 Å². The molecule has 1 saturated heterocycles. The number of aliphatic carboxylic acids is 2. The van der Waals surface area contributed by atoms with Gasteiger partial charge in [-0.3, -0.25) is 0 Å². The molecule has 0 aromatic carbocycles. The first-order valence-electron chi connectivity index (χ1n) is 4.29. The van der Waals surface area contributed by atoms with Gasteiger partial charge in [-0.05, 0) is 31.7 Å². The highest BCUT2D eigenvalue weighted by Crippen LogP contribution is 2.29. The topological polar surface area (TPSA) is 86.6 Å². The summed E-state index contributed by atoms with van der Waals surface area (Å²) in [5.41, 5.74) is 0. The SMILES string of the molecule is C1C[C@@H]2C[C@H]1CN2.O=C(O)C(=O)O. The second-order valence-corrected chi connectivity index (χ2v) is 3.39. The average molecular weight is 187 g/mol. The Bertz CT molecular complexity index is 186. The summed E-state index contributed by atoms with van der Waals surface area (Å²) in [6.07, 6.45) is 4.42. The van der Waals surface area contributed by atoms with Crippen molar-refractivity contribution in [3.63, 3.8) is 0 Å². The van der Waals surface area contributed by atoms with Gasteiger partial charge in [-0.15, -0.1) is 0 Å². The molecule has 1 heterocycles. The number of carboxylic acids is 2.